The number of rotatable bonds is 6. The molecular formula is C26H19ClF4NNaO3. The molecule has 0 fully saturated rings. The van der Waals surface area contributed by atoms with Crippen LogP contribution in [0.5, 0.6) is 5.75 Å². The van der Waals surface area contributed by atoms with Gasteiger partial charge < -0.3 is 14.6 Å². The molecule has 3 aromatic rings. The third-order valence-electron chi connectivity index (χ3n) is 5.75. The Labute approximate surface area is 232 Å². The average Bonchev–Trinajstić information content (AvgIpc) is 3.28. The van der Waals surface area contributed by atoms with Gasteiger partial charge in [-0.25, -0.2) is 9.37 Å². The maximum absolute atomic E-state index is 13.4. The van der Waals surface area contributed by atoms with Crippen molar-refractivity contribution in [2.24, 2.45) is 0 Å². The summed E-state index contributed by atoms with van der Waals surface area (Å²) in [5.41, 5.74) is 1.45. The number of aromatic nitrogens is 1. The fraction of sp³-hybridized carbons (Fsp3) is 0.231. The second kappa shape index (κ2) is 11.3. The van der Waals surface area contributed by atoms with E-state index in [1.54, 1.807) is 6.07 Å². The van der Waals surface area contributed by atoms with Gasteiger partial charge in [0.15, 0.2) is 0 Å². The smallest absolute Gasteiger partial charge is 0.543 e. The van der Waals surface area contributed by atoms with Gasteiger partial charge in [0, 0.05) is 11.1 Å². The van der Waals surface area contributed by atoms with E-state index in [4.69, 9.17) is 16.3 Å². The summed E-state index contributed by atoms with van der Waals surface area (Å²) in [6.45, 7) is 1.92. The number of benzene rings is 2. The number of allylic oxidation sites excluding steroid dienone is 2. The van der Waals surface area contributed by atoms with E-state index in [1.807, 2.05) is 19.1 Å². The first-order valence-corrected chi connectivity index (χ1v) is 11.1. The number of carboxylic acid groups (broad SMARTS) is 1. The Morgan fingerprint density at radius 3 is 2.47 bits per heavy atom. The molecule has 2 aromatic carbocycles. The standard InChI is InChI=1S/C26H20ClF4NO3.Na/c1-14-5-8-24(35-13-15-6-7-17(28)12-21(15)27)20(9-14)18-3-2-4-19(18)22-10-16(26(29,30)31)11-23(32-22)25(33)34;/h5-12H,2-4,13H2,1H3,(H,33,34);/q;+1/p-1. The van der Waals surface area contributed by atoms with E-state index in [0.717, 1.165) is 17.2 Å². The summed E-state index contributed by atoms with van der Waals surface area (Å²) in [6.07, 6.45) is -3.12. The maximum atomic E-state index is 13.4. The summed E-state index contributed by atoms with van der Waals surface area (Å²) in [4.78, 5) is 15.3. The van der Waals surface area contributed by atoms with Gasteiger partial charge in [-0.3, -0.25) is 0 Å². The minimum absolute atomic E-state index is 0. The van der Waals surface area contributed by atoms with Gasteiger partial charge in [-0.15, -0.1) is 0 Å². The van der Waals surface area contributed by atoms with Crippen molar-refractivity contribution in [1.82, 2.24) is 4.98 Å². The van der Waals surface area contributed by atoms with E-state index >= 15 is 0 Å². The van der Waals surface area contributed by atoms with Crippen LogP contribution >= 0.6 is 11.6 Å². The maximum Gasteiger partial charge on any atom is 1.00 e. The van der Waals surface area contributed by atoms with Crippen LogP contribution in [0.4, 0.5) is 17.6 Å². The van der Waals surface area contributed by atoms with Crippen molar-refractivity contribution in [1.29, 1.82) is 0 Å². The van der Waals surface area contributed by atoms with E-state index in [-0.39, 0.29) is 46.9 Å². The van der Waals surface area contributed by atoms with Crippen LogP contribution in [0, 0.1) is 12.7 Å². The molecule has 1 aromatic heterocycles. The Morgan fingerprint density at radius 2 is 1.81 bits per heavy atom. The molecule has 0 saturated carbocycles. The molecule has 0 radical (unpaired) electrons. The van der Waals surface area contributed by atoms with Crippen molar-refractivity contribution in [2.75, 3.05) is 0 Å². The van der Waals surface area contributed by atoms with Crippen LogP contribution in [0.2, 0.25) is 5.02 Å². The Kier molecular flexibility index (Phi) is 8.88. The third-order valence-corrected chi connectivity index (χ3v) is 6.10. The third kappa shape index (κ3) is 6.29. The number of nitrogens with zero attached hydrogens (tertiary/aromatic N) is 1. The number of carbonyl (C=O) groups excluding carboxylic acids is 1. The molecule has 182 valence electrons. The van der Waals surface area contributed by atoms with Crippen LogP contribution in [-0.4, -0.2) is 11.0 Å². The molecular weight excluding hydrogens is 509 g/mol. The van der Waals surface area contributed by atoms with Crippen LogP contribution in [0.3, 0.4) is 0 Å². The Morgan fingerprint density at radius 1 is 1.08 bits per heavy atom. The summed E-state index contributed by atoms with van der Waals surface area (Å²) in [6, 6.07) is 10.7. The Hall–Kier alpha value is -2.39. The van der Waals surface area contributed by atoms with Gasteiger partial charge in [-0.05, 0) is 73.7 Å². The predicted octanol–water partition coefficient (Wildman–Crippen LogP) is 3.24. The van der Waals surface area contributed by atoms with E-state index in [2.05, 4.69) is 4.98 Å². The molecule has 1 aliphatic rings. The number of carboxylic acids is 1. The molecule has 10 heteroatoms. The molecule has 4 nitrogen and oxygen atoms in total. The number of aryl methyl sites for hydroxylation is 1. The van der Waals surface area contributed by atoms with Gasteiger partial charge in [-0.2, -0.15) is 13.2 Å². The van der Waals surface area contributed by atoms with Gasteiger partial charge in [0.25, 0.3) is 0 Å². The molecule has 0 atom stereocenters. The Balaban J connectivity index is 0.00000361. The van der Waals surface area contributed by atoms with Crippen molar-refractivity contribution in [3.8, 4) is 5.75 Å². The monoisotopic (exact) mass is 527 g/mol. The number of hydrogen-bond acceptors (Lipinski definition) is 4. The molecule has 0 bridgehead atoms. The zero-order valence-electron chi connectivity index (χ0n) is 19.5. The first-order chi connectivity index (χ1) is 16.5. The topological polar surface area (TPSA) is 62.2 Å². The quantitative estimate of drug-likeness (QED) is 0.365. The molecule has 0 spiro atoms. The number of aromatic carboxylic acids is 1. The van der Waals surface area contributed by atoms with Crippen molar-refractivity contribution in [2.45, 2.75) is 39.0 Å². The summed E-state index contributed by atoms with van der Waals surface area (Å²) < 4.78 is 59.7. The van der Waals surface area contributed by atoms with Crippen molar-refractivity contribution in [3.05, 3.63) is 93.0 Å². The number of carbonyl (C=O) groups is 1. The zero-order chi connectivity index (χ0) is 25.3. The molecule has 36 heavy (non-hydrogen) atoms. The molecule has 1 aliphatic carbocycles. The van der Waals surface area contributed by atoms with E-state index in [9.17, 15) is 27.5 Å². The number of pyridine rings is 1. The van der Waals surface area contributed by atoms with Crippen LogP contribution in [0.15, 0.2) is 48.5 Å². The van der Waals surface area contributed by atoms with Crippen LogP contribution < -0.4 is 39.4 Å². The fourth-order valence-corrected chi connectivity index (χ4v) is 4.30. The molecule has 0 aliphatic heterocycles. The van der Waals surface area contributed by atoms with Crippen LogP contribution in [0.1, 0.15) is 57.7 Å². The molecule has 0 amide bonds. The van der Waals surface area contributed by atoms with Crippen LogP contribution in [0.25, 0.3) is 11.1 Å². The second-order valence-electron chi connectivity index (χ2n) is 8.25. The summed E-state index contributed by atoms with van der Waals surface area (Å²) in [7, 11) is 0. The number of alkyl halides is 3. The molecule has 0 unspecified atom stereocenters. The van der Waals surface area contributed by atoms with Crippen molar-refractivity contribution >= 4 is 28.7 Å². The second-order valence-corrected chi connectivity index (χ2v) is 8.65. The molecule has 4 rings (SSSR count). The number of halogens is 5. The SMILES string of the molecule is Cc1ccc(OCc2ccc(F)cc2Cl)c(C2=C(c3cc(C(F)(F)F)cc(C(=O)[O-])n3)CCC2)c1.[Na+]. The normalized spacial score (nSPS) is 13.5. The van der Waals surface area contributed by atoms with Gasteiger partial charge in [0.1, 0.15) is 18.2 Å². The first kappa shape index (κ1) is 28.2. The van der Waals surface area contributed by atoms with Crippen molar-refractivity contribution < 1.29 is 61.8 Å². The van der Waals surface area contributed by atoms with E-state index in [0.29, 0.717) is 47.8 Å². The minimum atomic E-state index is -4.74. The minimum Gasteiger partial charge on any atom is -0.543 e. The Bertz CT molecular complexity index is 1340. The van der Waals surface area contributed by atoms with Gasteiger partial charge >= 0.3 is 35.7 Å². The van der Waals surface area contributed by atoms with Gasteiger partial charge in [0.05, 0.1) is 27.9 Å². The fourth-order valence-electron chi connectivity index (χ4n) is 4.08. The van der Waals surface area contributed by atoms with Crippen molar-refractivity contribution in [3.63, 3.8) is 0 Å². The van der Waals surface area contributed by atoms with E-state index in [1.165, 1.54) is 18.2 Å². The van der Waals surface area contributed by atoms with Gasteiger partial charge in [-0.1, -0.05) is 29.3 Å². The average molecular weight is 528 g/mol. The number of ether oxygens (including phenoxy) is 1. The first-order valence-electron chi connectivity index (χ1n) is 10.7. The molecule has 0 saturated heterocycles. The summed E-state index contributed by atoms with van der Waals surface area (Å²) >= 11 is 6.10. The largest absolute Gasteiger partial charge is 1.00 e. The predicted molar refractivity (Wildman–Crippen MR) is 121 cm³/mol. The van der Waals surface area contributed by atoms with E-state index < -0.39 is 29.2 Å². The summed E-state index contributed by atoms with van der Waals surface area (Å²) in [5, 5.41) is 11.6. The van der Waals surface area contributed by atoms with Crippen LogP contribution in [-0.2, 0) is 12.8 Å². The zero-order valence-corrected chi connectivity index (χ0v) is 22.3. The summed E-state index contributed by atoms with van der Waals surface area (Å²) in [5.74, 6) is -1.79. The molecule has 0 N–H and O–H groups in total. The molecule has 1 heterocycles. The van der Waals surface area contributed by atoms with Gasteiger partial charge in [0.2, 0.25) is 0 Å². The number of hydrogen-bond donors (Lipinski definition) is 0.